The molecule has 1 heterocycles. The van der Waals surface area contributed by atoms with Gasteiger partial charge in [-0.15, -0.1) is 0 Å². The minimum absolute atomic E-state index is 0.146. The van der Waals surface area contributed by atoms with Crippen molar-refractivity contribution in [2.75, 3.05) is 0 Å². The summed E-state index contributed by atoms with van der Waals surface area (Å²) in [6.07, 6.45) is 2.62. The van der Waals surface area contributed by atoms with Crippen LogP contribution in [0, 0.1) is 0 Å². The second kappa shape index (κ2) is 8.20. The van der Waals surface area contributed by atoms with Crippen molar-refractivity contribution >= 4 is 11.9 Å². The number of hydrogen-bond donors (Lipinski definition) is 1. The van der Waals surface area contributed by atoms with Gasteiger partial charge in [0.25, 0.3) is 0 Å². The predicted molar refractivity (Wildman–Crippen MR) is 95.0 cm³/mol. The first kappa shape index (κ1) is 17.5. The van der Waals surface area contributed by atoms with Gasteiger partial charge in [0, 0.05) is 5.56 Å². The van der Waals surface area contributed by atoms with Gasteiger partial charge in [0.1, 0.15) is 19.1 Å². The summed E-state index contributed by atoms with van der Waals surface area (Å²) in [5.41, 5.74) is 1.31. The van der Waals surface area contributed by atoms with Crippen LogP contribution in [0.15, 0.2) is 61.1 Å². The van der Waals surface area contributed by atoms with E-state index in [4.69, 9.17) is 14.2 Å². The monoisotopic (exact) mass is 353 g/mol. The molecular weight excluding hydrogens is 334 g/mol. The van der Waals surface area contributed by atoms with E-state index in [2.05, 4.69) is 5.32 Å². The number of ether oxygens (including phenoxy) is 3. The molecule has 3 rings (SSSR count). The van der Waals surface area contributed by atoms with Crippen molar-refractivity contribution < 1.29 is 23.8 Å². The molecule has 1 aliphatic rings. The lowest BCUT2D eigenvalue weighted by atomic mass is 10.0. The van der Waals surface area contributed by atoms with Crippen LogP contribution < -0.4 is 14.8 Å². The van der Waals surface area contributed by atoms with E-state index >= 15 is 0 Å². The Hall–Kier alpha value is -3.28. The van der Waals surface area contributed by atoms with E-state index in [1.807, 2.05) is 37.3 Å². The Kier molecular flexibility index (Phi) is 5.53. The van der Waals surface area contributed by atoms with E-state index in [-0.39, 0.29) is 12.4 Å². The maximum absolute atomic E-state index is 12.7. The summed E-state index contributed by atoms with van der Waals surface area (Å²) >= 11 is 0. The summed E-state index contributed by atoms with van der Waals surface area (Å²) < 4.78 is 15.8. The number of nitrogens with one attached hydrogen (secondary N) is 1. The molecule has 0 unspecified atom stereocenters. The number of amides is 1. The van der Waals surface area contributed by atoms with Gasteiger partial charge in [-0.05, 0) is 30.2 Å². The number of benzene rings is 2. The molecule has 0 radical (unpaired) electrons. The highest BCUT2D eigenvalue weighted by Gasteiger charge is 2.23. The maximum atomic E-state index is 12.7. The first-order valence-corrected chi connectivity index (χ1v) is 8.31. The number of rotatable bonds is 6. The van der Waals surface area contributed by atoms with Gasteiger partial charge in [-0.1, -0.05) is 37.3 Å². The SMILES string of the molecule is CC[C@@H](NC(=O)OCc1ccccc1)C(=O)c1ccc2c(c1)OC=CO2. The molecule has 0 aromatic heterocycles. The van der Waals surface area contributed by atoms with Crippen molar-refractivity contribution in [1.29, 1.82) is 0 Å². The lowest BCUT2D eigenvalue weighted by molar-refractivity contribution is 0.0913. The zero-order chi connectivity index (χ0) is 18.4. The van der Waals surface area contributed by atoms with Crippen molar-refractivity contribution in [3.8, 4) is 11.5 Å². The fraction of sp³-hybridized carbons (Fsp3) is 0.200. The van der Waals surface area contributed by atoms with Crippen molar-refractivity contribution in [3.63, 3.8) is 0 Å². The van der Waals surface area contributed by atoms with Gasteiger partial charge >= 0.3 is 6.09 Å². The summed E-state index contributed by atoms with van der Waals surface area (Å²) in [6.45, 7) is 1.97. The van der Waals surface area contributed by atoms with Crippen LogP contribution in [0.1, 0.15) is 29.3 Å². The molecule has 1 amide bonds. The standard InChI is InChI=1S/C20H19NO5/c1-2-16(21-20(23)26-13-14-6-4-3-5-7-14)19(22)15-8-9-17-18(12-15)25-11-10-24-17/h3-12,16H,2,13H2,1H3,(H,21,23)/t16-/m1/s1. The van der Waals surface area contributed by atoms with E-state index in [1.165, 1.54) is 12.5 Å². The van der Waals surface area contributed by atoms with Crippen LogP contribution in [0.2, 0.25) is 0 Å². The zero-order valence-corrected chi connectivity index (χ0v) is 14.3. The van der Waals surface area contributed by atoms with Crippen LogP contribution in [0.4, 0.5) is 4.79 Å². The van der Waals surface area contributed by atoms with E-state index in [9.17, 15) is 9.59 Å². The quantitative estimate of drug-likeness (QED) is 0.799. The van der Waals surface area contributed by atoms with Crippen molar-refractivity contribution in [2.45, 2.75) is 26.0 Å². The normalized spacial score (nSPS) is 13.0. The fourth-order valence-corrected chi connectivity index (χ4v) is 2.51. The Bertz CT molecular complexity index is 816. The van der Waals surface area contributed by atoms with Crippen LogP contribution in [0.25, 0.3) is 0 Å². The molecule has 1 aliphatic heterocycles. The molecule has 0 saturated carbocycles. The Morgan fingerprint density at radius 1 is 1.04 bits per heavy atom. The molecule has 0 saturated heterocycles. The van der Waals surface area contributed by atoms with Gasteiger partial charge < -0.3 is 19.5 Å². The molecule has 2 aromatic rings. The van der Waals surface area contributed by atoms with Crippen molar-refractivity contribution in [1.82, 2.24) is 5.32 Å². The average Bonchev–Trinajstić information content (AvgIpc) is 2.70. The number of hydrogen-bond acceptors (Lipinski definition) is 5. The van der Waals surface area contributed by atoms with Crippen LogP contribution >= 0.6 is 0 Å². The molecule has 6 heteroatoms. The number of alkyl carbamates (subject to hydrolysis) is 1. The van der Waals surface area contributed by atoms with E-state index < -0.39 is 12.1 Å². The summed E-state index contributed by atoms with van der Waals surface area (Å²) in [6, 6.07) is 13.6. The Morgan fingerprint density at radius 3 is 2.50 bits per heavy atom. The number of carbonyl (C=O) groups excluding carboxylic acids is 2. The van der Waals surface area contributed by atoms with E-state index in [1.54, 1.807) is 18.2 Å². The second-order valence-corrected chi connectivity index (χ2v) is 5.70. The fourth-order valence-electron chi connectivity index (χ4n) is 2.51. The lowest BCUT2D eigenvalue weighted by Crippen LogP contribution is -2.40. The summed E-state index contributed by atoms with van der Waals surface area (Å²) in [7, 11) is 0. The molecule has 0 spiro atoms. The first-order valence-electron chi connectivity index (χ1n) is 8.31. The van der Waals surface area contributed by atoms with Crippen LogP contribution in [0.3, 0.4) is 0 Å². The number of carbonyl (C=O) groups is 2. The Balaban J connectivity index is 1.61. The highest BCUT2D eigenvalue weighted by atomic mass is 16.6. The van der Waals surface area contributed by atoms with Gasteiger partial charge in [0.2, 0.25) is 0 Å². The van der Waals surface area contributed by atoms with Gasteiger partial charge in [-0.3, -0.25) is 4.79 Å². The van der Waals surface area contributed by atoms with Gasteiger partial charge in [0.15, 0.2) is 17.3 Å². The van der Waals surface area contributed by atoms with Crippen LogP contribution in [0.5, 0.6) is 11.5 Å². The Morgan fingerprint density at radius 2 is 1.77 bits per heavy atom. The zero-order valence-electron chi connectivity index (χ0n) is 14.3. The molecule has 26 heavy (non-hydrogen) atoms. The van der Waals surface area contributed by atoms with Gasteiger partial charge in [-0.2, -0.15) is 0 Å². The number of fused-ring (bicyclic) bond motifs is 1. The van der Waals surface area contributed by atoms with Gasteiger partial charge in [0.05, 0.1) is 6.04 Å². The Labute approximate surface area is 151 Å². The molecule has 134 valence electrons. The summed E-state index contributed by atoms with van der Waals surface area (Å²) in [4.78, 5) is 24.7. The minimum atomic E-state index is -0.684. The largest absolute Gasteiger partial charge is 0.458 e. The lowest BCUT2D eigenvalue weighted by Gasteiger charge is -2.17. The average molecular weight is 353 g/mol. The maximum Gasteiger partial charge on any atom is 0.408 e. The van der Waals surface area contributed by atoms with E-state index in [0.717, 1.165) is 5.56 Å². The molecule has 0 fully saturated rings. The van der Waals surface area contributed by atoms with Crippen LogP contribution in [-0.2, 0) is 11.3 Å². The first-order chi connectivity index (χ1) is 12.7. The van der Waals surface area contributed by atoms with Crippen molar-refractivity contribution in [2.24, 2.45) is 0 Å². The molecular formula is C20H19NO5. The highest BCUT2D eigenvalue weighted by molar-refractivity contribution is 6.02. The molecule has 2 aromatic carbocycles. The third-order valence-electron chi connectivity index (χ3n) is 3.90. The third-order valence-corrected chi connectivity index (χ3v) is 3.90. The third kappa shape index (κ3) is 4.22. The molecule has 0 bridgehead atoms. The summed E-state index contributed by atoms with van der Waals surface area (Å²) in [5, 5.41) is 2.62. The molecule has 6 nitrogen and oxygen atoms in total. The second-order valence-electron chi connectivity index (χ2n) is 5.70. The number of Topliss-reactive ketones (excluding diaryl/α,β-unsaturated/α-hetero) is 1. The molecule has 1 atom stereocenters. The number of ketones is 1. The smallest absolute Gasteiger partial charge is 0.408 e. The molecule has 0 aliphatic carbocycles. The summed E-state index contributed by atoms with van der Waals surface area (Å²) in [5.74, 6) is 0.775. The topological polar surface area (TPSA) is 73.9 Å². The minimum Gasteiger partial charge on any atom is -0.458 e. The van der Waals surface area contributed by atoms with Crippen LogP contribution in [-0.4, -0.2) is 17.9 Å². The van der Waals surface area contributed by atoms with E-state index in [0.29, 0.717) is 23.5 Å². The van der Waals surface area contributed by atoms with Crippen molar-refractivity contribution in [3.05, 3.63) is 72.2 Å². The predicted octanol–water partition coefficient (Wildman–Crippen LogP) is 3.82. The highest BCUT2D eigenvalue weighted by Crippen LogP contribution is 2.31. The molecule has 1 N–H and O–H groups in total. The van der Waals surface area contributed by atoms with Gasteiger partial charge in [-0.25, -0.2) is 4.79 Å².